The fourth-order valence-corrected chi connectivity index (χ4v) is 1.87. The number of phenols is 1. The molecule has 0 bridgehead atoms. The molecule has 1 aromatic carbocycles. The van der Waals surface area contributed by atoms with Crippen molar-refractivity contribution < 1.29 is 10.2 Å². The van der Waals surface area contributed by atoms with Gasteiger partial charge in [-0.25, -0.2) is 0 Å². The van der Waals surface area contributed by atoms with Crippen molar-refractivity contribution in [2.45, 2.75) is 38.8 Å². The molecule has 1 rings (SSSR count). The minimum Gasteiger partial charge on any atom is -0.506 e. The molecule has 0 aromatic heterocycles. The molecule has 0 saturated heterocycles. The fraction of sp³-hybridized carbons (Fsp3) is 0.538. The highest BCUT2D eigenvalue weighted by molar-refractivity contribution is 6.32. The van der Waals surface area contributed by atoms with E-state index in [1.165, 1.54) is 0 Å². The van der Waals surface area contributed by atoms with Crippen LogP contribution in [0.4, 0.5) is 0 Å². The lowest BCUT2D eigenvalue weighted by molar-refractivity contribution is 0.127. The zero-order chi connectivity index (χ0) is 13.0. The first-order valence-corrected chi connectivity index (χ1v) is 6.22. The van der Waals surface area contributed by atoms with E-state index in [4.69, 9.17) is 17.3 Å². The largest absolute Gasteiger partial charge is 0.506 e. The summed E-state index contributed by atoms with van der Waals surface area (Å²) in [6.45, 7) is 4.18. The Morgan fingerprint density at radius 3 is 2.44 bits per heavy atom. The van der Waals surface area contributed by atoms with Crippen LogP contribution in [0.2, 0.25) is 5.02 Å². The number of rotatable bonds is 5. The van der Waals surface area contributed by atoms with Crippen molar-refractivity contribution in [2.24, 2.45) is 11.7 Å². The highest BCUT2D eigenvalue weighted by Gasteiger charge is 2.20. The van der Waals surface area contributed by atoms with E-state index in [0.717, 1.165) is 6.42 Å². The number of benzene rings is 1. The third-order valence-corrected chi connectivity index (χ3v) is 3.14. The maximum atomic E-state index is 9.96. The second kappa shape index (κ2) is 7.85. The standard InChI is InChI=1S/C13H20ClNO2.ClH/c1-8(2)6-7-11(16)12(15)9-4-3-5-10(14)13(9)17;/h3-5,8,11-12,16-17H,6-7,15H2,1-2H3;1H/t11-,12+;/m0./s1. The monoisotopic (exact) mass is 293 g/mol. The van der Waals surface area contributed by atoms with E-state index in [1.807, 2.05) is 0 Å². The molecule has 0 saturated carbocycles. The van der Waals surface area contributed by atoms with Crippen molar-refractivity contribution in [1.29, 1.82) is 0 Å². The van der Waals surface area contributed by atoms with Gasteiger partial charge in [-0.05, 0) is 24.8 Å². The van der Waals surface area contributed by atoms with Crippen molar-refractivity contribution in [1.82, 2.24) is 0 Å². The third-order valence-electron chi connectivity index (χ3n) is 2.83. The van der Waals surface area contributed by atoms with Crippen molar-refractivity contribution in [2.75, 3.05) is 0 Å². The molecule has 5 heteroatoms. The molecule has 0 spiro atoms. The molecule has 0 aliphatic heterocycles. The van der Waals surface area contributed by atoms with E-state index in [2.05, 4.69) is 13.8 Å². The zero-order valence-electron chi connectivity index (χ0n) is 10.6. The third kappa shape index (κ3) is 4.65. The fourth-order valence-electron chi connectivity index (χ4n) is 1.69. The molecule has 0 aliphatic carbocycles. The average molecular weight is 294 g/mol. The van der Waals surface area contributed by atoms with E-state index in [1.54, 1.807) is 18.2 Å². The van der Waals surface area contributed by atoms with Crippen LogP contribution in [0.1, 0.15) is 38.3 Å². The first-order chi connectivity index (χ1) is 7.93. The number of phenolic OH excluding ortho intramolecular Hbond substituents is 1. The van der Waals surface area contributed by atoms with Crippen LogP contribution in [0.3, 0.4) is 0 Å². The van der Waals surface area contributed by atoms with Gasteiger partial charge in [0.1, 0.15) is 5.75 Å². The average Bonchev–Trinajstić information content (AvgIpc) is 2.28. The van der Waals surface area contributed by atoms with Crippen LogP contribution < -0.4 is 5.73 Å². The highest BCUT2D eigenvalue weighted by Crippen LogP contribution is 2.32. The summed E-state index contributed by atoms with van der Waals surface area (Å²) >= 11 is 5.80. The first-order valence-electron chi connectivity index (χ1n) is 5.84. The lowest BCUT2D eigenvalue weighted by atomic mass is 9.95. The Hall–Kier alpha value is -0.480. The van der Waals surface area contributed by atoms with Crippen molar-refractivity contribution in [3.63, 3.8) is 0 Å². The normalized spacial score (nSPS) is 14.1. The molecule has 2 atom stereocenters. The molecule has 4 N–H and O–H groups in total. The van der Waals surface area contributed by atoms with Gasteiger partial charge < -0.3 is 15.9 Å². The maximum Gasteiger partial charge on any atom is 0.139 e. The molecule has 3 nitrogen and oxygen atoms in total. The van der Waals surface area contributed by atoms with E-state index >= 15 is 0 Å². The Kier molecular flexibility index (Phi) is 7.64. The van der Waals surface area contributed by atoms with Gasteiger partial charge in [0.25, 0.3) is 0 Å². The summed E-state index contributed by atoms with van der Waals surface area (Å²) in [5.74, 6) is 0.482. The molecule has 0 radical (unpaired) electrons. The lowest BCUT2D eigenvalue weighted by Crippen LogP contribution is -2.26. The van der Waals surface area contributed by atoms with E-state index in [-0.39, 0.29) is 23.2 Å². The molecular weight excluding hydrogens is 273 g/mol. The number of nitrogens with two attached hydrogens (primary N) is 1. The number of halogens is 2. The SMILES string of the molecule is CC(C)CC[C@H](O)[C@H](N)c1cccc(Cl)c1O.Cl. The van der Waals surface area contributed by atoms with Gasteiger partial charge in [0.15, 0.2) is 0 Å². The molecule has 104 valence electrons. The Balaban J connectivity index is 0.00000289. The van der Waals surface area contributed by atoms with Gasteiger partial charge in [-0.1, -0.05) is 37.6 Å². The summed E-state index contributed by atoms with van der Waals surface area (Å²) in [7, 11) is 0. The number of para-hydroxylation sites is 1. The van der Waals surface area contributed by atoms with Crippen LogP contribution in [-0.4, -0.2) is 16.3 Å². The number of hydrogen-bond donors (Lipinski definition) is 3. The Labute approximate surface area is 119 Å². The molecule has 0 unspecified atom stereocenters. The number of hydrogen-bond acceptors (Lipinski definition) is 3. The predicted octanol–water partition coefficient (Wildman–Crippen LogP) is 3.26. The van der Waals surface area contributed by atoms with E-state index < -0.39 is 12.1 Å². The van der Waals surface area contributed by atoms with Gasteiger partial charge in [-0.15, -0.1) is 12.4 Å². The number of aromatic hydroxyl groups is 1. The van der Waals surface area contributed by atoms with Crippen LogP contribution in [0.5, 0.6) is 5.75 Å². The van der Waals surface area contributed by atoms with Crippen molar-refractivity contribution in [3.05, 3.63) is 28.8 Å². The Bertz CT molecular complexity index is 372. The van der Waals surface area contributed by atoms with E-state index in [9.17, 15) is 10.2 Å². The smallest absolute Gasteiger partial charge is 0.139 e. The van der Waals surface area contributed by atoms with Crippen LogP contribution in [0, 0.1) is 5.92 Å². The van der Waals surface area contributed by atoms with Gasteiger partial charge in [0, 0.05) is 5.56 Å². The molecule has 18 heavy (non-hydrogen) atoms. The van der Waals surface area contributed by atoms with Gasteiger partial charge in [-0.3, -0.25) is 0 Å². The minimum absolute atomic E-state index is 0. The van der Waals surface area contributed by atoms with Crippen molar-refractivity contribution >= 4 is 24.0 Å². The molecule has 0 heterocycles. The molecule has 1 aromatic rings. The summed E-state index contributed by atoms with van der Waals surface area (Å²) in [4.78, 5) is 0. The van der Waals surface area contributed by atoms with Crippen LogP contribution >= 0.6 is 24.0 Å². The Morgan fingerprint density at radius 1 is 1.28 bits per heavy atom. The van der Waals surface area contributed by atoms with Gasteiger partial charge in [0.05, 0.1) is 17.2 Å². The van der Waals surface area contributed by atoms with Gasteiger partial charge in [0.2, 0.25) is 0 Å². The van der Waals surface area contributed by atoms with Crippen molar-refractivity contribution in [3.8, 4) is 5.75 Å². The van der Waals surface area contributed by atoms with Gasteiger partial charge >= 0.3 is 0 Å². The minimum atomic E-state index is -0.665. The zero-order valence-corrected chi connectivity index (χ0v) is 12.2. The second-order valence-corrected chi connectivity index (χ2v) is 5.15. The topological polar surface area (TPSA) is 66.5 Å². The Morgan fingerprint density at radius 2 is 1.89 bits per heavy atom. The summed E-state index contributed by atoms with van der Waals surface area (Å²) in [5, 5.41) is 20.0. The summed E-state index contributed by atoms with van der Waals surface area (Å²) < 4.78 is 0. The number of aliphatic hydroxyl groups excluding tert-OH is 1. The van der Waals surface area contributed by atoms with E-state index in [0.29, 0.717) is 17.9 Å². The quantitative estimate of drug-likeness (QED) is 0.781. The predicted molar refractivity (Wildman–Crippen MR) is 77.4 cm³/mol. The summed E-state index contributed by atoms with van der Waals surface area (Å²) in [6, 6.07) is 4.39. The lowest BCUT2D eigenvalue weighted by Gasteiger charge is -2.21. The molecule has 0 fully saturated rings. The first kappa shape index (κ1) is 17.5. The highest BCUT2D eigenvalue weighted by atomic mass is 35.5. The molecular formula is C13H21Cl2NO2. The van der Waals surface area contributed by atoms with Crippen LogP contribution in [0.25, 0.3) is 0 Å². The molecule has 0 aliphatic rings. The van der Waals surface area contributed by atoms with Gasteiger partial charge in [-0.2, -0.15) is 0 Å². The van der Waals surface area contributed by atoms with Crippen LogP contribution in [-0.2, 0) is 0 Å². The van der Waals surface area contributed by atoms with Crippen LogP contribution in [0.15, 0.2) is 18.2 Å². The summed E-state index contributed by atoms with van der Waals surface area (Å²) in [5.41, 5.74) is 6.42. The second-order valence-electron chi connectivity index (χ2n) is 4.74. The summed E-state index contributed by atoms with van der Waals surface area (Å²) in [6.07, 6.45) is 0.850. The number of aliphatic hydroxyl groups is 1. The maximum absolute atomic E-state index is 9.96. The molecule has 0 amide bonds.